The van der Waals surface area contributed by atoms with Gasteiger partial charge < -0.3 is 5.73 Å². The molecule has 3 heterocycles. The summed E-state index contributed by atoms with van der Waals surface area (Å²) in [6, 6.07) is 11.8. The van der Waals surface area contributed by atoms with Crippen molar-refractivity contribution in [3.8, 4) is 0 Å². The molecule has 2 aliphatic rings. The molecule has 31 heavy (non-hydrogen) atoms. The number of rotatable bonds is 5. The van der Waals surface area contributed by atoms with E-state index in [4.69, 9.17) is 5.73 Å². The van der Waals surface area contributed by atoms with E-state index in [2.05, 4.69) is 15.0 Å². The van der Waals surface area contributed by atoms with Crippen molar-refractivity contribution in [2.24, 2.45) is 16.6 Å². The second kappa shape index (κ2) is 8.09. The first-order chi connectivity index (χ1) is 14.8. The Kier molecular flexibility index (Phi) is 5.47. The van der Waals surface area contributed by atoms with Crippen LogP contribution in [-0.4, -0.2) is 44.7 Å². The number of aromatic nitrogens is 2. The molecule has 1 aromatic heterocycles. The number of hydrogen-bond donors (Lipinski definition) is 1. The van der Waals surface area contributed by atoms with Gasteiger partial charge in [0.25, 0.3) is 0 Å². The molecule has 1 unspecified atom stereocenters. The maximum absolute atomic E-state index is 12.8. The van der Waals surface area contributed by atoms with Crippen molar-refractivity contribution >= 4 is 23.6 Å². The average molecular weight is 421 g/mol. The molecule has 8 heteroatoms. The van der Waals surface area contributed by atoms with Gasteiger partial charge in [0.1, 0.15) is 12.1 Å². The molecular weight excluding hydrogens is 392 g/mol. The van der Waals surface area contributed by atoms with Crippen molar-refractivity contribution in [1.82, 2.24) is 14.9 Å². The van der Waals surface area contributed by atoms with E-state index in [1.807, 2.05) is 51.1 Å². The van der Waals surface area contributed by atoms with E-state index in [9.17, 15) is 9.59 Å². The van der Waals surface area contributed by atoms with Gasteiger partial charge in [-0.2, -0.15) is 0 Å². The average Bonchev–Trinajstić information content (AvgIpc) is 3.13. The van der Waals surface area contributed by atoms with Crippen molar-refractivity contribution in [2.75, 3.05) is 11.4 Å². The van der Waals surface area contributed by atoms with Gasteiger partial charge in [-0.15, -0.1) is 0 Å². The van der Waals surface area contributed by atoms with Crippen molar-refractivity contribution in [3.05, 3.63) is 54.0 Å². The van der Waals surface area contributed by atoms with Gasteiger partial charge in [0.05, 0.1) is 24.2 Å². The lowest BCUT2D eigenvalue weighted by atomic mass is 9.84. The smallest absolute Gasteiger partial charge is 0.232 e. The number of aliphatic imine (C=N–C) groups is 1. The first-order valence-corrected chi connectivity index (χ1v) is 10.6. The standard InChI is InChI=1S/C23H28N6O2/c1-15(2)23(3)11-21(31)29(22(24)27-23)13-18-10-19(26-14-25-18)28-12-17(9-20(28)30)16-7-5-4-6-8-16/h4-8,10,14-15,17H,9,11-13H2,1-3H3,(H2,24,27)/t17?,23-/m0/s1. The SMILES string of the molecule is CC(C)[C@]1(C)CC(=O)N(Cc2cc(N3CC(c4ccccc4)CC3=O)ncn2)C(N)=N1. The summed E-state index contributed by atoms with van der Waals surface area (Å²) in [4.78, 5) is 41.8. The van der Waals surface area contributed by atoms with E-state index in [0.29, 0.717) is 30.9 Å². The van der Waals surface area contributed by atoms with Gasteiger partial charge in [0.2, 0.25) is 11.8 Å². The zero-order valence-corrected chi connectivity index (χ0v) is 18.2. The van der Waals surface area contributed by atoms with E-state index in [-0.39, 0.29) is 36.2 Å². The maximum Gasteiger partial charge on any atom is 0.232 e. The van der Waals surface area contributed by atoms with E-state index in [1.54, 1.807) is 11.0 Å². The third-order valence-corrected chi connectivity index (χ3v) is 6.40. The summed E-state index contributed by atoms with van der Waals surface area (Å²) in [7, 11) is 0. The molecule has 2 atom stereocenters. The third kappa shape index (κ3) is 4.15. The predicted molar refractivity (Wildman–Crippen MR) is 118 cm³/mol. The van der Waals surface area contributed by atoms with E-state index in [1.165, 1.54) is 11.2 Å². The molecule has 2 aliphatic heterocycles. The number of nitrogens with two attached hydrogens (primary N) is 1. The normalized spacial score (nSPS) is 24.1. The molecule has 8 nitrogen and oxygen atoms in total. The first kappa shape index (κ1) is 21.0. The molecule has 2 amide bonds. The summed E-state index contributed by atoms with van der Waals surface area (Å²) < 4.78 is 0. The van der Waals surface area contributed by atoms with Crippen molar-refractivity contribution in [3.63, 3.8) is 0 Å². The maximum atomic E-state index is 12.8. The lowest BCUT2D eigenvalue weighted by Crippen LogP contribution is -2.51. The van der Waals surface area contributed by atoms with Crippen LogP contribution in [0.5, 0.6) is 0 Å². The predicted octanol–water partition coefficient (Wildman–Crippen LogP) is 2.46. The highest BCUT2D eigenvalue weighted by atomic mass is 16.2. The highest BCUT2D eigenvalue weighted by molar-refractivity contribution is 5.99. The fourth-order valence-electron chi connectivity index (χ4n) is 4.05. The van der Waals surface area contributed by atoms with Crippen LogP contribution in [-0.2, 0) is 16.1 Å². The van der Waals surface area contributed by atoms with Crippen LogP contribution in [0.1, 0.15) is 50.8 Å². The number of amides is 2. The Labute approximate surface area is 182 Å². The van der Waals surface area contributed by atoms with E-state index < -0.39 is 5.54 Å². The third-order valence-electron chi connectivity index (χ3n) is 6.40. The number of carbonyl (C=O) groups excluding carboxylic acids is 2. The second-order valence-electron chi connectivity index (χ2n) is 8.82. The minimum absolute atomic E-state index is 0.0290. The Balaban J connectivity index is 1.52. The van der Waals surface area contributed by atoms with Crippen molar-refractivity contribution in [2.45, 2.75) is 51.6 Å². The zero-order valence-electron chi connectivity index (χ0n) is 18.2. The van der Waals surface area contributed by atoms with Gasteiger partial charge in [-0.05, 0) is 18.4 Å². The monoisotopic (exact) mass is 420 g/mol. The van der Waals surface area contributed by atoms with Crippen LogP contribution in [0.15, 0.2) is 47.7 Å². The molecule has 0 spiro atoms. The Morgan fingerprint density at radius 3 is 2.58 bits per heavy atom. The quantitative estimate of drug-likeness (QED) is 0.800. The minimum atomic E-state index is -0.497. The lowest BCUT2D eigenvalue weighted by Gasteiger charge is -2.37. The minimum Gasteiger partial charge on any atom is -0.369 e. The molecule has 0 aliphatic carbocycles. The second-order valence-corrected chi connectivity index (χ2v) is 8.82. The summed E-state index contributed by atoms with van der Waals surface area (Å²) in [6.07, 6.45) is 2.17. The molecule has 1 saturated heterocycles. The number of anilines is 1. The summed E-state index contributed by atoms with van der Waals surface area (Å²) in [5, 5.41) is 0. The topological polar surface area (TPSA) is 105 Å². The first-order valence-electron chi connectivity index (χ1n) is 10.6. The van der Waals surface area contributed by atoms with Crippen LogP contribution in [0.3, 0.4) is 0 Å². The van der Waals surface area contributed by atoms with E-state index in [0.717, 1.165) is 5.56 Å². The van der Waals surface area contributed by atoms with Crippen LogP contribution < -0.4 is 10.6 Å². The zero-order chi connectivity index (χ0) is 22.2. The molecule has 4 rings (SSSR count). The highest BCUT2D eigenvalue weighted by Crippen LogP contribution is 2.32. The number of guanidine groups is 1. The molecule has 2 aromatic rings. The Morgan fingerprint density at radius 2 is 1.90 bits per heavy atom. The van der Waals surface area contributed by atoms with Crippen molar-refractivity contribution < 1.29 is 9.59 Å². The molecular formula is C23H28N6O2. The molecule has 1 aromatic carbocycles. The Bertz CT molecular complexity index is 1020. The van der Waals surface area contributed by atoms with Crippen LogP contribution in [0.2, 0.25) is 0 Å². The molecule has 0 bridgehead atoms. The van der Waals surface area contributed by atoms with Crippen LogP contribution in [0.4, 0.5) is 5.82 Å². The van der Waals surface area contributed by atoms with E-state index >= 15 is 0 Å². The number of benzene rings is 1. The summed E-state index contributed by atoms with van der Waals surface area (Å²) >= 11 is 0. The van der Waals surface area contributed by atoms with Crippen molar-refractivity contribution in [1.29, 1.82) is 0 Å². The fraction of sp³-hybridized carbons (Fsp3) is 0.435. The summed E-state index contributed by atoms with van der Waals surface area (Å²) in [5.41, 5.74) is 7.40. The largest absolute Gasteiger partial charge is 0.369 e. The van der Waals surface area contributed by atoms with Gasteiger partial charge in [-0.1, -0.05) is 44.2 Å². The molecule has 2 N–H and O–H groups in total. The number of nitrogens with zero attached hydrogens (tertiary/aromatic N) is 5. The lowest BCUT2D eigenvalue weighted by molar-refractivity contribution is -0.130. The number of carbonyl (C=O) groups is 2. The van der Waals surface area contributed by atoms with Gasteiger partial charge in [-0.25, -0.2) is 15.0 Å². The van der Waals surface area contributed by atoms with Crippen LogP contribution in [0.25, 0.3) is 0 Å². The molecule has 0 radical (unpaired) electrons. The van der Waals surface area contributed by atoms with Gasteiger partial charge in [0, 0.05) is 24.9 Å². The molecule has 1 fully saturated rings. The van der Waals surface area contributed by atoms with Crippen LogP contribution in [0, 0.1) is 5.92 Å². The Hall–Kier alpha value is -3.29. The Morgan fingerprint density at radius 1 is 1.16 bits per heavy atom. The van der Waals surface area contributed by atoms with Gasteiger partial charge in [0.15, 0.2) is 5.96 Å². The number of hydrogen-bond acceptors (Lipinski definition) is 6. The molecule has 0 saturated carbocycles. The fourth-order valence-corrected chi connectivity index (χ4v) is 4.05. The van der Waals surface area contributed by atoms with Crippen LogP contribution >= 0.6 is 0 Å². The highest BCUT2D eigenvalue weighted by Gasteiger charge is 2.38. The summed E-state index contributed by atoms with van der Waals surface area (Å²) in [5.74, 6) is 1.02. The summed E-state index contributed by atoms with van der Waals surface area (Å²) in [6.45, 7) is 6.78. The van der Waals surface area contributed by atoms with Gasteiger partial charge >= 0.3 is 0 Å². The van der Waals surface area contributed by atoms with Gasteiger partial charge in [-0.3, -0.25) is 19.4 Å². The molecule has 162 valence electrons.